The second-order valence-corrected chi connectivity index (χ2v) is 4.39. The summed E-state index contributed by atoms with van der Waals surface area (Å²) in [6, 6.07) is 4.60. The third-order valence-corrected chi connectivity index (χ3v) is 3.13. The van der Waals surface area contributed by atoms with Crippen LogP contribution >= 0.6 is 0 Å². The highest BCUT2D eigenvalue weighted by Gasteiger charge is 2.23. The first-order valence-corrected chi connectivity index (χ1v) is 5.97. The van der Waals surface area contributed by atoms with Gasteiger partial charge in [-0.05, 0) is 18.4 Å². The van der Waals surface area contributed by atoms with E-state index >= 15 is 0 Å². The minimum absolute atomic E-state index is 0.231. The Balaban J connectivity index is 2.21. The highest BCUT2D eigenvalue weighted by molar-refractivity contribution is 5.94. The first kappa shape index (κ1) is 13.2. The van der Waals surface area contributed by atoms with Gasteiger partial charge in [0.25, 0.3) is 5.69 Å². The maximum Gasteiger partial charge on any atom is 0.343 e. The summed E-state index contributed by atoms with van der Waals surface area (Å²) >= 11 is 0. The Bertz CT molecular complexity index is 531. The zero-order valence-electron chi connectivity index (χ0n) is 10.2. The monoisotopic (exact) mass is 262 g/mol. The molecular formula is C13H14N2O4. The molecule has 0 aliphatic heterocycles. The van der Waals surface area contributed by atoms with E-state index in [1.54, 1.807) is 6.07 Å². The molecule has 19 heavy (non-hydrogen) atoms. The van der Waals surface area contributed by atoms with E-state index in [0.717, 1.165) is 12.8 Å². The molecule has 0 radical (unpaired) electrons. The van der Waals surface area contributed by atoms with Crippen molar-refractivity contribution in [1.29, 1.82) is 0 Å². The lowest BCUT2D eigenvalue weighted by atomic mass is 10.0. The lowest BCUT2D eigenvalue weighted by Gasteiger charge is -2.13. The van der Waals surface area contributed by atoms with E-state index in [1.165, 1.54) is 12.1 Å². The Hall–Kier alpha value is -2.21. The van der Waals surface area contributed by atoms with Crippen LogP contribution in [0.3, 0.4) is 0 Å². The molecule has 0 saturated heterocycles. The van der Waals surface area contributed by atoms with Crippen LogP contribution in [-0.4, -0.2) is 22.0 Å². The van der Waals surface area contributed by atoms with Gasteiger partial charge < -0.3 is 10.4 Å². The molecule has 1 aliphatic rings. The molecule has 100 valence electrons. The normalized spacial score (nSPS) is 14.7. The van der Waals surface area contributed by atoms with Crippen molar-refractivity contribution in [3.63, 3.8) is 0 Å². The van der Waals surface area contributed by atoms with Gasteiger partial charge in [0.05, 0.1) is 4.92 Å². The van der Waals surface area contributed by atoms with E-state index < -0.39 is 10.9 Å². The molecule has 1 aliphatic carbocycles. The van der Waals surface area contributed by atoms with Crippen molar-refractivity contribution < 1.29 is 14.8 Å². The van der Waals surface area contributed by atoms with Crippen LogP contribution in [0.15, 0.2) is 30.4 Å². The van der Waals surface area contributed by atoms with Gasteiger partial charge in [-0.2, -0.15) is 0 Å². The van der Waals surface area contributed by atoms with Crippen molar-refractivity contribution in [2.45, 2.75) is 25.4 Å². The van der Waals surface area contributed by atoms with Gasteiger partial charge in [-0.15, -0.1) is 0 Å². The third-order valence-electron chi connectivity index (χ3n) is 3.13. The second-order valence-electron chi connectivity index (χ2n) is 4.39. The zero-order chi connectivity index (χ0) is 13.8. The molecule has 2 rings (SSSR count). The number of nitro groups is 1. The summed E-state index contributed by atoms with van der Waals surface area (Å²) in [5.41, 5.74) is -0.157. The number of nitrogens with one attached hydrogen (secondary N) is 1. The lowest BCUT2D eigenvalue weighted by Crippen LogP contribution is -2.26. The molecule has 0 fully saturated rings. The molecule has 1 aromatic carbocycles. The van der Waals surface area contributed by atoms with Crippen LogP contribution in [-0.2, 0) is 6.54 Å². The molecule has 1 aromatic rings. The summed E-state index contributed by atoms with van der Waals surface area (Å²) < 4.78 is 0. The fourth-order valence-electron chi connectivity index (χ4n) is 2.17. The third kappa shape index (κ3) is 2.97. The van der Waals surface area contributed by atoms with Gasteiger partial charge in [-0.1, -0.05) is 24.3 Å². The van der Waals surface area contributed by atoms with Crippen LogP contribution in [0.5, 0.6) is 0 Å². The lowest BCUT2D eigenvalue weighted by molar-refractivity contribution is -0.385. The molecule has 0 saturated carbocycles. The maximum atomic E-state index is 11.2. The second kappa shape index (κ2) is 5.62. The summed E-state index contributed by atoms with van der Waals surface area (Å²) in [4.78, 5) is 21.4. The number of rotatable bonds is 5. The Morgan fingerprint density at radius 2 is 2.11 bits per heavy atom. The molecule has 0 atom stereocenters. The summed E-state index contributed by atoms with van der Waals surface area (Å²) in [6.07, 6.45) is 5.92. The number of benzene rings is 1. The Morgan fingerprint density at radius 1 is 1.42 bits per heavy atom. The Kier molecular flexibility index (Phi) is 3.91. The van der Waals surface area contributed by atoms with E-state index in [4.69, 9.17) is 5.11 Å². The molecule has 2 N–H and O–H groups in total. The van der Waals surface area contributed by atoms with E-state index in [2.05, 4.69) is 17.5 Å². The number of carbonyl (C=O) groups is 1. The van der Waals surface area contributed by atoms with Gasteiger partial charge in [-0.25, -0.2) is 4.79 Å². The van der Waals surface area contributed by atoms with Gasteiger partial charge in [0.2, 0.25) is 0 Å². The van der Waals surface area contributed by atoms with Gasteiger partial charge in [0, 0.05) is 18.7 Å². The minimum Gasteiger partial charge on any atom is -0.477 e. The van der Waals surface area contributed by atoms with Crippen molar-refractivity contribution in [3.05, 3.63) is 51.6 Å². The van der Waals surface area contributed by atoms with Gasteiger partial charge >= 0.3 is 5.97 Å². The highest BCUT2D eigenvalue weighted by atomic mass is 16.6. The standard InChI is InChI=1S/C13H14N2O4/c16-13(17)12-9(4-3-7-11(12)15(18)19)8-14-10-5-1-2-6-10/h1-4,7,10,14H,5-6,8H2,(H,16,17). The van der Waals surface area contributed by atoms with Crippen molar-refractivity contribution in [3.8, 4) is 0 Å². The Labute approximate surface area is 109 Å². The number of aromatic carboxylic acids is 1. The average Bonchev–Trinajstić information content (AvgIpc) is 2.88. The number of nitro benzene ring substituents is 1. The molecule has 0 bridgehead atoms. The number of hydrogen-bond donors (Lipinski definition) is 2. The van der Waals surface area contributed by atoms with Crippen molar-refractivity contribution >= 4 is 11.7 Å². The topological polar surface area (TPSA) is 92.5 Å². The molecule has 0 aromatic heterocycles. The molecule has 0 amide bonds. The van der Waals surface area contributed by atoms with Crippen LogP contribution < -0.4 is 5.32 Å². The largest absolute Gasteiger partial charge is 0.477 e. The zero-order valence-corrected chi connectivity index (χ0v) is 10.2. The quantitative estimate of drug-likeness (QED) is 0.481. The molecule has 0 heterocycles. The number of hydrogen-bond acceptors (Lipinski definition) is 4. The van der Waals surface area contributed by atoms with E-state index in [0.29, 0.717) is 12.1 Å². The average molecular weight is 262 g/mol. The van der Waals surface area contributed by atoms with Crippen LogP contribution in [0.2, 0.25) is 0 Å². The maximum absolute atomic E-state index is 11.2. The molecule has 0 unspecified atom stereocenters. The smallest absolute Gasteiger partial charge is 0.343 e. The summed E-state index contributed by atoms with van der Waals surface area (Å²) in [5, 5.41) is 23.2. The van der Waals surface area contributed by atoms with Crippen molar-refractivity contribution in [2.75, 3.05) is 0 Å². The predicted molar refractivity (Wildman–Crippen MR) is 69.1 cm³/mol. The minimum atomic E-state index is -1.27. The number of carboxylic acid groups (broad SMARTS) is 1. The van der Waals surface area contributed by atoms with E-state index in [1.807, 2.05) is 0 Å². The molecule has 6 nitrogen and oxygen atoms in total. The van der Waals surface area contributed by atoms with Crippen molar-refractivity contribution in [1.82, 2.24) is 5.32 Å². The fourth-order valence-corrected chi connectivity index (χ4v) is 2.17. The molecule has 0 spiro atoms. The summed E-state index contributed by atoms with van der Waals surface area (Å²) in [6.45, 7) is 0.315. The number of nitrogens with zero attached hydrogens (tertiary/aromatic N) is 1. The highest BCUT2D eigenvalue weighted by Crippen LogP contribution is 2.23. The van der Waals surface area contributed by atoms with Crippen LogP contribution in [0.4, 0.5) is 5.69 Å². The Morgan fingerprint density at radius 3 is 2.68 bits per heavy atom. The van der Waals surface area contributed by atoms with E-state index in [9.17, 15) is 14.9 Å². The first-order valence-electron chi connectivity index (χ1n) is 5.97. The first-order chi connectivity index (χ1) is 9.09. The van der Waals surface area contributed by atoms with Gasteiger partial charge in [0.15, 0.2) is 0 Å². The predicted octanol–water partition coefficient (Wildman–Crippen LogP) is 2.10. The van der Waals surface area contributed by atoms with Gasteiger partial charge in [0.1, 0.15) is 5.56 Å². The summed E-state index contributed by atoms with van der Waals surface area (Å²) in [5.74, 6) is -1.27. The van der Waals surface area contributed by atoms with Crippen LogP contribution in [0.1, 0.15) is 28.8 Å². The van der Waals surface area contributed by atoms with E-state index in [-0.39, 0.29) is 17.3 Å². The summed E-state index contributed by atoms with van der Waals surface area (Å²) in [7, 11) is 0. The SMILES string of the molecule is O=C(O)c1c(CNC2CC=CC2)cccc1[N+](=O)[O-]. The van der Waals surface area contributed by atoms with Crippen LogP contribution in [0, 0.1) is 10.1 Å². The fraction of sp³-hybridized carbons (Fsp3) is 0.308. The molecular weight excluding hydrogens is 248 g/mol. The van der Waals surface area contributed by atoms with Crippen molar-refractivity contribution in [2.24, 2.45) is 0 Å². The van der Waals surface area contributed by atoms with Gasteiger partial charge in [-0.3, -0.25) is 10.1 Å². The van der Waals surface area contributed by atoms with Crippen LogP contribution in [0.25, 0.3) is 0 Å². The number of carboxylic acids is 1. The molecule has 6 heteroatoms.